The summed E-state index contributed by atoms with van der Waals surface area (Å²) in [4.78, 5) is 14.4. The van der Waals surface area contributed by atoms with Gasteiger partial charge in [0.25, 0.3) is 0 Å². The lowest BCUT2D eigenvalue weighted by molar-refractivity contribution is 0.0696. The van der Waals surface area contributed by atoms with Crippen LogP contribution in [0.15, 0.2) is 22.0 Å². The first-order chi connectivity index (χ1) is 8.97. The third-order valence-electron chi connectivity index (χ3n) is 2.07. The summed E-state index contributed by atoms with van der Waals surface area (Å²) in [6.45, 7) is -0.142. The highest BCUT2D eigenvalue weighted by atomic mass is 79.9. The van der Waals surface area contributed by atoms with Crippen molar-refractivity contribution in [2.45, 2.75) is 6.61 Å². The molecule has 0 spiro atoms. The van der Waals surface area contributed by atoms with Gasteiger partial charge in [0.2, 0.25) is 10.8 Å². The largest absolute Gasteiger partial charge is 0.484 e. The minimum Gasteiger partial charge on any atom is -0.484 e. The highest BCUT2D eigenvalue weighted by Crippen LogP contribution is 2.26. The van der Waals surface area contributed by atoms with Crippen LogP contribution in [0.4, 0.5) is 8.78 Å². The molecule has 0 fully saturated rings. The summed E-state index contributed by atoms with van der Waals surface area (Å²) < 4.78 is 31.9. The molecule has 0 aliphatic heterocycles. The van der Waals surface area contributed by atoms with Crippen LogP contribution in [-0.2, 0) is 6.61 Å². The Labute approximate surface area is 118 Å². The van der Waals surface area contributed by atoms with Crippen LogP contribution in [-0.4, -0.2) is 16.1 Å². The Hall–Kier alpha value is -1.54. The van der Waals surface area contributed by atoms with E-state index < -0.39 is 17.6 Å². The second-order valence-electron chi connectivity index (χ2n) is 3.44. The van der Waals surface area contributed by atoms with Crippen molar-refractivity contribution < 1.29 is 23.4 Å². The van der Waals surface area contributed by atoms with Gasteiger partial charge in [-0.3, -0.25) is 0 Å². The average molecular weight is 350 g/mol. The van der Waals surface area contributed by atoms with E-state index in [9.17, 15) is 13.6 Å². The molecule has 2 aromatic rings. The summed E-state index contributed by atoms with van der Waals surface area (Å²) in [7, 11) is 0. The van der Waals surface area contributed by atoms with E-state index in [0.29, 0.717) is 10.2 Å². The number of aromatic carboxylic acids is 1. The zero-order valence-corrected chi connectivity index (χ0v) is 11.6. The highest BCUT2D eigenvalue weighted by molar-refractivity contribution is 9.10. The maximum atomic E-state index is 13.4. The lowest BCUT2D eigenvalue weighted by Gasteiger charge is -2.06. The van der Waals surface area contributed by atoms with Crippen LogP contribution < -0.4 is 4.74 Å². The molecule has 0 aliphatic carbocycles. The van der Waals surface area contributed by atoms with E-state index in [1.54, 1.807) is 0 Å². The number of rotatable bonds is 4. The molecule has 0 unspecified atom stereocenters. The van der Waals surface area contributed by atoms with Crippen molar-refractivity contribution >= 4 is 33.2 Å². The number of nitrogens with zero attached hydrogens (tertiary/aromatic N) is 1. The van der Waals surface area contributed by atoms with Crippen LogP contribution in [0.5, 0.6) is 5.75 Å². The Bertz CT molecular complexity index is 632. The van der Waals surface area contributed by atoms with E-state index in [4.69, 9.17) is 9.84 Å². The van der Waals surface area contributed by atoms with Crippen molar-refractivity contribution in [1.82, 2.24) is 4.98 Å². The SMILES string of the molecule is O=C(O)c1nc(COc2cc(Br)cc(F)c2F)cs1. The van der Waals surface area contributed by atoms with Crippen LogP contribution >= 0.6 is 27.3 Å². The Kier molecular flexibility index (Phi) is 4.11. The molecule has 4 nitrogen and oxygen atoms in total. The maximum Gasteiger partial charge on any atom is 0.365 e. The first-order valence-electron chi connectivity index (χ1n) is 4.92. The molecule has 1 N–H and O–H groups in total. The molecule has 1 aromatic heterocycles. The van der Waals surface area contributed by atoms with Crippen LogP contribution in [0.25, 0.3) is 0 Å². The molecule has 0 amide bonds. The van der Waals surface area contributed by atoms with Gasteiger partial charge in [-0.1, -0.05) is 15.9 Å². The summed E-state index contributed by atoms with van der Waals surface area (Å²) in [5.41, 5.74) is 0.335. The Balaban J connectivity index is 2.12. The number of carboxylic acid groups (broad SMARTS) is 1. The molecule has 0 bridgehead atoms. The van der Waals surface area contributed by atoms with Crippen LogP contribution in [0.3, 0.4) is 0 Å². The summed E-state index contributed by atoms with van der Waals surface area (Å²) in [6, 6.07) is 2.26. The van der Waals surface area contributed by atoms with E-state index in [-0.39, 0.29) is 17.4 Å². The lowest BCUT2D eigenvalue weighted by atomic mass is 10.3. The van der Waals surface area contributed by atoms with Crippen molar-refractivity contribution in [3.05, 3.63) is 44.3 Å². The molecule has 100 valence electrons. The summed E-state index contributed by atoms with van der Waals surface area (Å²) in [6.07, 6.45) is 0. The van der Waals surface area contributed by atoms with E-state index in [0.717, 1.165) is 17.4 Å². The third kappa shape index (κ3) is 3.27. The number of carbonyl (C=O) groups is 1. The second-order valence-corrected chi connectivity index (χ2v) is 5.21. The van der Waals surface area contributed by atoms with Gasteiger partial charge in [-0.2, -0.15) is 4.39 Å². The van der Waals surface area contributed by atoms with Gasteiger partial charge in [-0.25, -0.2) is 14.2 Å². The van der Waals surface area contributed by atoms with Crippen molar-refractivity contribution in [3.63, 3.8) is 0 Å². The van der Waals surface area contributed by atoms with E-state index in [1.165, 1.54) is 11.4 Å². The Morgan fingerprint density at radius 1 is 1.47 bits per heavy atom. The van der Waals surface area contributed by atoms with Crippen molar-refractivity contribution in [1.29, 1.82) is 0 Å². The quantitative estimate of drug-likeness (QED) is 0.858. The Morgan fingerprint density at radius 2 is 2.21 bits per heavy atom. The first-order valence-corrected chi connectivity index (χ1v) is 6.59. The standard InChI is InChI=1S/C11H6BrF2NO3S/c12-5-1-7(13)9(14)8(2-5)18-3-6-4-19-10(15-6)11(16)17/h1-2,4H,3H2,(H,16,17). The summed E-state index contributed by atoms with van der Waals surface area (Å²) in [5.74, 6) is -3.54. The molecule has 1 heterocycles. The molecule has 0 aliphatic rings. The number of thiazole rings is 1. The van der Waals surface area contributed by atoms with Gasteiger partial charge in [0.05, 0.1) is 5.69 Å². The number of benzene rings is 1. The van der Waals surface area contributed by atoms with E-state index in [1.807, 2.05) is 0 Å². The number of aromatic nitrogens is 1. The van der Waals surface area contributed by atoms with Gasteiger partial charge in [-0.15, -0.1) is 11.3 Å². The minimum atomic E-state index is -1.14. The summed E-state index contributed by atoms with van der Waals surface area (Å²) >= 11 is 3.95. The zero-order valence-electron chi connectivity index (χ0n) is 9.19. The van der Waals surface area contributed by atoms with Crippen molar-refractivity contribution in [3.8, 4) is 5.75 Å². The molecule has 0 saturated carbocycles. The number of hydrogen-bond acceptors (Lipinski definition) is 4. The fourth-order valence-corrected chi connectivity index (χ4v) is 2.31. The predicted octanol–water partition coefficient (Wildman–Crippen LogP) is 3.46. The highest BCUT2D eigenvalue weighted by Gasteiger charge is 2.13. The molecule has 0 saturated heterocycles. The molecule has 1 aromatic carbocycles. The van der Waals surface area contributed by atoms with Gasteiger partial charge in [0.1, 0.15) is 6.61 Å². The lowest BCUT2D eigenvalue weighted by Crippen LogP contribution is -2.01. The first kappa shape index (κ1) is 13.9. The number of ether oxygens (including phenoxy) is 1. The van der Waals surface area contributed by atoms with Crippen molar-refractivity contribution in [2.24, 2.45) is 0 Å². The third-order valence-corrected chi connectivity index (χ3v) is 3.41. The molecule has 8 heteroatoms. The normalized spacial score (nSPS) is 10.5. The van der Waals surface area contributed by atoms with Gasteiger partial charge >= 0.3 is 5.97 Å². The van der Waals surface area contributed by atoms with Crippen LogP contribution in [0.2, 0.25) is 0 Å². The molecule has 0 atom stereocenters. The second kappa shape index (κ2) is 5.62. The number of carboxylic acids is 1. The molecular formula is C11H6BrF2NO3S. The summed E-state index contributed by atoms with van der Waals surface area (Å²) in [5, 5.41) is 10.1. The Morgan fingerprint density at radius 3 is 2.84 bits per heavy atom. The number of halogens is 3. The maximum absolute atomic E-state index is 13.4. The molecule has 0 radical (unpaired) electrons. The monoisotopic (exact) mass is 349 g/mol. The zero-order chi connectivity index (χ0) is 14.0. The fraction of sp³-hybridized carbons (Fsp3) is 0.0909. The van der Waals surface area contributed by atoms with Gasteiger partial charge in [0.15, 0.2) is 11.6 Å². The topological polar surface area (TPSA) is 59.4 Å². The van der Waals surface area contributed by atoms with Gasteiger partial charge in [0, 0.05) is 9.85 Å². The van der Waals surface area contributed by atoms with Gasteiger partial charge < -0.3 is 9.84 Å². The average Bonchev–Trinajstić information content (AvgIpc) is 2.81. The van der Waals surface area contributed by atoms with Crippen molar-refractivity contribution in [2.75, 3.05) is 0 Å². The predicted molar refractivity (Wildman–Crippen MR) is 67.5 cm³/mol. The van der Waals surface area contributed by atoms with Crippen LogP contribution in [0, 0.1) is 11.6 Å². The smallest absolute Gasteiger partial charge is 0.365 e. The number of hydrogen-bond donors (Lipinski definition) is 1. The molecule has 2 rings (SSSR count). The fourth-order valence-electron chi connectivity index (χ4n) is 1.26. The molecule has 19 heavy (non-hydrogen) atoms. The van der Waals surface area contributed by atoms with Gasteiger partial charge in [-0.05, 0) is 12.1 Å². The van der Waals surface area contributed by atoms with E-state index >= 15 is 0 Å². The van der Waals surface area contributed by atoms with E-state index in [2.05, 4.69) is 20.9 Å². The van der Waals surface area contributed by atoms with Crippen LogP contribution in [0.1, 0.15) is 15.5 Å². The molecular weight excluding hydrogens is 344 g/mol. The minimum absolute atomic E-state index is 0.0838.